The largest absolute Gasteiger partial charge is 0.477 e. The van der Waals surface area contributed by atoms with Crippen molar-refractivity contribution in [1.29, 1.82) is 0 Å². The van der Waals surface area contributed by atoms with E-state index in [0.717, 1.165) is 11.1 Å². The highest BCUT2D eigenvalue weighted by molar-refractivity contribution is 6.45. The van der Waals surface area contributed by atoms with Gasteiger partial charge in [-0.3, -0.25) is 0 Å². The number of carboxylic acid groups (broad SMARTS) is 1. The number of halogens is 2. The Morgan fingerprint density at radius 2 is 1.94 bits per heavy atom. The second-order valence-corrected chi connectivity index (χ2v) is 4.40. The molecule has 0 unspecified atom stereocenters. The van der Waals surface area contributed by atoms with E-state index < -0.39 is 5.97 Å². The summed E-state index contributed by atoms with van der Waals surface area (Å²) >= 11 is 12.1. The van der Waals surface area contributed by atoms with E-state index in [0.29, 0.717) is 15.4 Å². The third-order valence-electron chi connectivity index (χ3n) is 2.63. The normalized spacial score (nSPS) is 11.0. The predicted octanol–water partition coefficient (Wildman–Crippen LogP) is 3.49. The summed E-state index contributed by atoms with van der Waals surface area (Å²) in [7, 11) is 1.69. The second-order valence-electron chi connectivity index (χ2n) is 3.65. The molecule has 1 N–H and O–H groups in total. The molecule has 0 spiro atoms. The summed E-state index contributed by atoms with van der Waals surface area (Å²) in [6.07, 6.45) is 0. The Bertz CT molecular complexity index is 602. The topological polar surface area (TPSA) is 42.2 Å². The Morgan fingerprint density at radius 1 is 1.31 bits per heavy atom. The van der Waals surface area contributed by atoms with Crippen molar-refractivity contribution in [2.75, 3.05) is 0 Å². The highest BCUT2D eigenvalue weighted by Gasteiger charge is 2.16. The summed E-state index contributed by atoms with van der Waals surface area (Å²) in [6.45, 7) is 1.83. The lowest BCUT2D eigenvalue weighted by Crippen LogP contribution is -2.03. The quantitative estimate of drug-likeness (QED) is 0.850. The van der Waals surface area contributed by atoms with Gasteiger partial charge in [-0.05, 0) is 24.6 Å². The molecule has 0 saturated carbocycles. The van der Waals surface area contributed by atoms with Crippen LogP contribution in [0.2, 0.25) is 10.0 Å². The van der Waals surface area contributed by atoms with Crippen molar-refractivity contribution in [3.05, 3.63) is 33.4 Å². The lowest BCUT2D eigenvalue weighted by atomic mass is 10.2. The molecule has 1 heterocycles. The van der Waals surface area contributed by atoms with Crippen molar-refractivity contribution in [1.82, 2.24) is 4.57 Å². The average Bonchev–Trinajstić information content (AvgIpc) is 2.54. The summed E-state index contributed by atoms with van der Waals surface area (Å²) in [5.74, 6) is -0.983. The van der Waals surface area contributed by atoms with E-state index in [1.807, 2.05) is 13.0 Å². The van der Waals surface area contributed by atoms with Crippen molar-refractivity contribution in [3.8, 4) is 0 Å². The molecule has 1 aromatic carbocycles. The molecule has 0 aliphatic rings. The van der Waals surface area contributed by atoms with Gasteiger partial charge >= 0.3 is 5.97 Å². The third kappa shape index (κ3) is 1.47. The number of hydrogen-bond donors (Lipinski definition) is 1. The van der Waals surface area contributed by atoms with Crippen molar-refractivity contribution in [3.63, 3.8) is 0 Å². The molecule has 0 radical (unpaired) electrons. The van der Waals surface area contributed by atoms with Gasteiger partial charge in [-0.1, -0.05) is 23.2 Å². The van der Waals surface area contributed by atoms with Crippen molar-refractivity contribution in [2.45, 2.75) is 6.92 Å². The van der Waals surface area contributed by atoms with Crippen LogP contribution >= 0.6 is 23.2 Å². The van der Waals surface area contributed by atoms with Gasteiger partial charge in [0.05, 0.1) is 15.6 Å². The molecule has 16 heavy (non-hydrogen) atoms. The first-order valence-electron chi connectivity index (χ1n) is 4.60. The fraction of sp³-hybridized carbons (Fsp3) is 0.182. The van der Waals surface area contributed by atoms with Crippen LogP contribution in [0.25, 0.3) is 10.9 Å². The van der Waals surface area contributed by atoms with Crippen LogP contribution in [0.15, 0.2) is 12.1 Å². The number of carbonyl (C=O) groups is 1. The average molecular weight is 258 g/mol. The third-order valence-corrected chi connectivity index (χ3v) is 3.60. The van der Waals surface area contributed by atoms with E-state index in [1.165, 1.54) is 6.07 Å². The van der Waals surface area contributed by atoms with Gasteiger partial charge in [-0.15, -0.1) is 0 Å². The summed E-state index contributed by atoms with van der Waals surface area (Å²) in [5.41, 5.74) is 1.79. The maximum atomic E-state index is 11.0. The number of nitrogens with zero attached hydrogens (tertiary/aromatic N) is 1. The molecule has 0 fully saturated rings. The zero-order valence-electron chi connectivity index (χ0n) is 8.71. The number of fused-ring (bicyclic) bond motifs is 1. The van der Waals surface area contributed by atoms with Crippen molar-refractivity contribution < 1.29 is 9.90 Å². The molecule has 3 nitrogen and oxygen atoms in total. The van der Waals surface area contributed by atoms with Crippen LogP contribution in [0.5, 0.6) is 0 Å². The minimum absolute atomic E-state index is 0.193. The van der Waals surface area contributed by atoms with Crippen molar-refractivity contribution in [2.24, 2.45) is 7.05 Å². The SMILES string of the molecule is Cc1cc2c(cc(C(=O)O)n2C)c(Cl)c1Cl. The Hall–Kier alpha value is -1.19. The van der Waals surface area contributed by atoms with Crippen LogP contribution < -0.4 is 0 Å². The Balaban J connectivity index is 2.92. The van der Waals surface area contributed by atoms with Gasteiger partial charge in [-0.2, -0.15) is 0 Å². The maximum absolute atomic E-state index is 11.0. The summed E-state index contributed by atoms with van der Waals surface area (Å²) < 4.78 is 1.59. The summed E-state index contributed by atoms with van der Waals surface area (Å²) in [4.78, 5) is 11.0. The molecule has 2 aromatic rings. The van der Waals surface area contributed by atoms with Gasteiger partial charge in [0, 0.05) is 12.4 Å². The Kier molecular flexibility index (Phi) is 2.60. The number of hydrogen-bond acceptors (Lipinski definition) is 1. The molecule has 0 amide bonds. The number of rotatable bonds is 1. The molecule has 0 aliphatic heterocycles. The van der Waals surface area contributed by atoms with E-state index in [-0.39, 0.29) is 5.69 Å². The number of aryl methyl sites for hydroxylation is 2. The fourth-order valence-corrected chi connectivity index (χ4v) is 2.19. The monoisotopic (exact) mass is 257 g/mol. The molecule has 1 aromatic heterocycles. The van der Waals surface area contributed by atoms with E-state index in [9.17, 15) is 4.79 Å². The zero-order valence-corrected chi connectivity index (χ0v) is 10.2. The predicted molar refractivity (Wildman–Crippen MR) is 64.6 cm³/mol. The lowest BCUT2D eigenvalue weighted by Gasteiger charge is -2.04. The van der Waals surface area contributed by atoms with Gasteiger partial charge in [0.1, 0.15) is 5.69 Å². The minimum Gasteiger partial charge on any atom is -0.477 e. The van der Waals surface area contributed by atoms with E-state index in [1.54, 1.807) is 11.6 Å². The van der Waals surface area contributed by atoms with E-state index >= 15 is 0 Å². The highest BCUT2D eigenvalue weighted by Crippen LogP contribution is 2.35. The van der Waals surface area contributed by atoms with E-state index in [2.05, 4.69) is 0 Å². The lowest BCUT2D eigenvalue weighted by molar-refractivity contribution is 0.0687. The number of aromatic nitrogens is 1. The number of carboxylic acids is 1. The maximum Gasteiger partial charge on any atom is 0.352 e. The van der Waals surface area contributed by atoms with Gasteiger partial charge in [-0.25, -0.2) is 4.79 Å². The standard InChI is InChI=1S/C11H9Cl2NO2/c1-5-3-7-6(10(13)9(5)12)4-8(11(15)16)14(7)2/h3-4H,1-2H3,(H,15,16). The van der Waals surface area contributed by atoms with Crippen LogP contribution in [0.1, 0.15) is 16.1 Å². The molecular formula is C11H9Cl2NO2. The summed E-state index contributed by atoms with van der Waals surface area (Å²) in [5, 5.41) is 10.5. The van der Waals surface area contributed by atoms with Crippen LogP contribution in [0, 0.1) is 6.92 Å². The Morgan fingerprint density at radius 3 is 2.50 bits per heavy atom. The molecule has 0 aliphatic carbocycles. The van der Waals surface area contributed by atoms with Gasteiger partial charge < -0.3 is 9.67 Å². The molecule has 5 heteroatoms. The first-order valence-corrected chi connectivity index (χ1v) is 5.36. The smallest absolute Gasteiger partial charge is 0.352 e. The van der Waals surface area contributed by atoms with Gasteiger partial charge in [0.25, 0.3) is 0 Å². The van der Waals surface area contributed by atoms with Crippen molar-refractivity contribution >= 4 is 40.1 Å². The molecule has 0 bridgehead atoms. The first kappa shape index (κ1) is 11.3. The minimum atomic E-state index is -0.983. The van der Waals surface area contributed by atoms with Crippen LogP contribution in [0.3, 0.4) is 0 Å². The Labute approximate surface area is 102 Å². The highest BCUT2D eigenvalue weighted by atomic mass is 35.5. The second kappa shape index (κ2) is 3.68. The summed E-state index contributed by atoms with van der Waals surface area (Å²) in [6, 6.07) is 3.36. The van der Waals surface area contributed by atoms with Crippen LogP contribution in [-0.4, -0.2) is 15.6 Å². The number of benzene rings is 1. The molecule has 84 valence electrons. The molecule has 2 rings (SSSR count). The van der Waals surface area contributed by atoms with Gasteiger partial charge in [0.2, 0.25) is 0 Å². The van der Waals surface area contributed by atoms with E-state index in [4.69, 9.17) is 28.3 Å². The number of aromatic carboxylic acids is 1. The van der Waals surface area contributed by atoms with Crippen LogP contribution in [-0.2, 0) is 7.05 Å². The zero-order chi connectivity index (χ0) is 12.0. The molecule has 0 saturated heterocycles. The molecular weight excluding hydrogens is 249 g/mol. The molecule has 0 atom stereocenters. The van der Waals surface area contributed by atoms with Crippen LogP contribution in [0.4, 0.5) is 0 Å². The first-order chi connectivity index (χ1) is 7.43. The fourth-order valence-electron chi connectivity index (χ4n) is 1.73. The van der Waals surface area contributed by atoms with Gasteiger partial charge in [0.15, 0.2) is 0 Å².